The van der Waals surface area contributed by atoms with Crippen LogP contribution in [-0.2, 0) is 40.4 Å². The van der Waals surface area contributed by atoms with Gasteiger partial charge in [-0.1, -0.05) is 145 Å². The Kier molecular flexibility index (Phi) is 32.1. The minimum atomic E-state index is -1.46. The van der Waals surface area contributed by atoms with Gasteiger partial charge in [0.25, 0.3) is 5.91 Å². The van der Waals surface area contributed by atoms with Crippen molar-refractivity contribution in [3.8, 4) is 33.8 Å². The van der Waals surface area contributed by atoms with Crippen LogP contribution in [0.25, 0.3) is 33.8 Å². The minimum Gasteiger partial charge on any atom is -0.465 e. The summed E-state index contributed by atoms with van der Waals surface area (Å²) in [5.74, 6) is 0.0271. The Morgan fingerprint density at radius 2 is 0.951 bits per heavy atom. The Hall–Kier alpha value is -10.3. The molecular weight excluding hydrogens is 1390 g/mol. The topological polar surface area (TPSA) is 322 Å². The molecule has 0 spiro atoms. The fourth-order valence-electron chi connectivity index (χ4n) is 9.64. The molecule has 0 radical (unpaired) electrons. The van der Waals surface area contributed by atoms with E-state index >= 15 is 0 Å². The van der Waals surface area contributed by atoms with Gasteiger partial charge in [-0.2, -0.15) is 0 Å². The molecule has 1 amide bonds. The number of nitrogens with two attached hydrogens (primary N) is 2. The number of ether oxygens (including phenoxy) is 3. The van der Waals surface area contributed by atoms with E-state index in [1.807, 2.05) is 60.7 Å². The molecule has 2 aliphatic rings. The summed E-state index contributed by atoms with van der Waals surface area (Å²) in [5.41, 5.74) is 25.2. The highest BCUT2D eigenvalue weighted by molar-refractivity contribution is 6.58. The molecule has 11 aromatic rings. The Morgan fingerprint density at radius 1 is 0.524 bits per heavy atom. The predicted octanol–water partition coefficient (Wildman–Crippen LogP) is 11.6. The van der Waals surface area contributed by atoms with Gasteiger partial charge in [0.1, 0.15) is 17.7 Å². The van der Waals surface area contributed by atoms with Gasteiger partial charge < -0.3 is 46.4 Å². The number of methoxy groups -OCH3 is 1. The normalized spacial score (nSPS) is 12.3. The fourth-order valence-corrected chi connectivity index (χ4v) is 10.3. The zero-order valence-corrected chi connectivity index (χ0v) is 58.9. The van der Waals surface area contributed by atoms with Gasteiger partial charge >= 0.3 is 13.1 Å². The van der Waals surface area contributed by atoms with Crippen LogP contribution in [0.2, 0.25) is 21.0 Å². The highest BCUT2D eigenvalue weighted by Crippen LogP contribution is 2.24. The lowest BCUT2D eigenvalue weighted by molar-refractivity contribution is 0.0341. The van der Waals surface area contributed by atoms with Gasteiger partial charge in [0, 0.05) is 111 Å². The molecule has 0 aliphatic carbocycles. The maximum Gasteiger partial charge on any atom is 0.488 e. The zero-order valence-electron chi connectivity index (χ0n) is 55.9. The number of para-hydroxylation sites is 2. The van der Waals surface area contributed by atoms with Crippen LogP contribution in [-0.4, -0.2) is 151 Å². The van der Waals surface area contributed by atoms with E-state index in [2.05, 4.69) is 114 Å². The Morgan fingerprint density at radius 3 is 1.39 bits per heavy atom. The summed E-state index contributed by atoms with van der Waals surface area (Å²) in [6, 6.07) is 58.9. The largest absolute Gasteiger partial charge is 0.488 e. The molecule has 0 unspecified atom stereocenters. The molecule has 0 atom stereocenters. The van der Waals surface area contributed by atoms with Crippen molar-refractivity contribution in [1.82, 2.24) is 49.7 Å². The average molecular weight is 1470 g/mol. The number of amides is 1. The number of carbonyl (C=O) groups excluding carboxylic acids is 4. The monoisotopic (exact) mass is 1460 g/mol. The number of esters is 1. The van der Waals surface area contributed by atoms with E-state index in [9.17, 15) is 19.2 Å². The number of nitrogens with one attached hydrogen (secondary N) is 2. The first-order chi connectivity index (χ1) is 50.0. The van der Waals surface area contributed by atoms with E-state index in [1.165, 1.54) is 48.7 Å². The van der Waals surface area contributed by atoms with Crippen LogP contribution >= 0.6 is 46.4 Å². The molecule has 28 heteroatoms. The number of carbonyl (C=O) groups is 4. The highest BCUT2D eigenvalue weighted by Gasteiger charge is 2.15. The third-order valence-corrected chi connectivity index (χ3v) is 16.0. The second kappa shape index (κ2) is 42.2. The molecule has 2 fully saturated rings. The van der Waals surface area contributed by atoms with Gasteiger partial charge in [0.15, 0.2) is 0 Å². The Labute approximate surface area is 616 Å². The van der Waals surface area contributed by atoms with Crippen molar-refractivity contribution < 1.29 is 43.4 Å². The number of nitrogens with zero attached hydrogens (tertiary/aromatic N) is 10. The molecule has 528 valence electrons. The smallest absolute Gasteiger partial charge is 0.465 e. The van der Waals surface area contributed by atoms with Crippen molar-refractivity contribution in [2.24, 2.45) is 5.73 Å². The summed E-state index contributed by atoms with van der Waals surface area (Å²) in [6.45, 7) is 10.1. The molecule has 0 saturated carbocycles. The number of morpholine rings is 2. The number of rotatable bonds is 17. The van der Waals surface area contributed by atoms with E-state index in [4.69, 9.17) is 77.4 Å². The standard InChI is InChI=1S/C29H30N6O2.C15H16ClN3O.C11H7ClN2O.C9H11NO2.C7H7BO3.C4H2Cl2N2/c30-25-3-1-2-4-27(25)33-28(36)24-11-5-21(6-12-24)19-32-29-31-14-13-26(34-29)23-9-7-22(8-10-23)20-35-15-17-37-18-16-35;16-15-17-6-5-14(18-15)13-3-1-12(2-4-13)11-19-7-9-20-10-8-19;12-11-13-6-5-10(14-11)9-3-1-8(7-15)2-4-9;1-12-9(11)8-4-2-7(6-10)3-5-8;9-5-6-1-3-7(4-2-6)8(10)11;5-3-1-2-7-4(6)8-3/h1-14H,15-20,30H2,(H,33,36)(H,31,32,34);1-6H,7-11H2;1-7H;2-5H,6,10H2,1H3;1-5,10-11H;1-2H. The molecule has 8 N–H and O–H groups in total. The maximum absolute atomic E-state index is 12.5. The summed E-state index contributed by atoms with van der Waals surface area (Å²) in [7, 11) is -0.102. The molecule has 23 nitrogen and oxygen atoms in total. The van der Waals surface area contributed by atoms with Crippen LogP contribution < -0.4 is 27.6 Å². The zero-order chi connectivity index (χ0) is 73.1. The van der Waals surface area contributed by atoms with Gasteiger partial charge in [-0.3, -0.25) is 24.2 Å². The molecule has 4 aromatic heterocycles. The Balaban J connectivity index is 0.000000172. The quantitative estimate of drug-likeness (QED) is 0.0123. The van der Waals surface area contributed by atoms with Gasteiger partial charge in [0.2, 0.25) is 21.8 Å². The summed E-state index contributed by atoms with van der Waals surface area (Å²) in [5, 5.41) is 24.5. The van der Waals surface area contributed by atoms with Crippen LogP contribution in [0.4, 0.5) is 17.3 Å². The van der Waals surface area contributed by atoms with Crippen molar-refractivity contribution in [1.29, 1.82) is 0 Å². The number of hydrogen-bond acceptors (Lipinski definition) is 22. The number of anilines is 3. The molecule has 2 saturated heterocycles. The number of nitrogen functional groups attached to an aromatic ring is 1. The van der Waals surface area contributed by atoms with E-state index in [1.54, 1.807) is 79.3 Å². The number of aromatic nitrogens is 8. The van der Waals surface area contributed by atoms with Crippen LogP contribution in [0, 0.1) is 0 Å². The highest BCUT2D eigenvalue weighted by atomic mass is 35.5. The predicted molar refractivity (Wildman–Crippen MR) is 402 cm³/mol. The maximum atomic E-state index is 12.5. The molecule has 13 rings (SSSR count). The summed E-state index contributed by atoms with van der Waals surface area (Å²) < 4.78 is 15.3. The second-order valence-electron chi connectivity index (χ2n) is 22.4. The third kappa shape index (κ3) is 26.9. The number of benzene rings is 7. The van der Waals surface area contributed by atoms with E-state index in [0.29, 0.717) is 69.6 Å². The molecule has 0 bridgehead atoms. The van der Waals surface area contributed by atoms with Gasteiger partial charge in [-0.05, 0) is 123 Å². The molecular formula is C75H73BCl4N14O9. The summed E-state index contributed by atoms with van der Waals surface area (Å²) in [6.07, 6.45) is 8.03. The summed E-state index contributed by atoms with van der Waals surface area (Å²) >= 11 is 22.2. The van der Waals surface area contributed by atoms with Crippen LogP contribution in [0.15, 0.2) is 219 Å². The molecule has 103 heavy (non-hydrogen) atoms. The molecule has 6 heterocycles. The lowest BCUT2D eigenvalue weighted by Crippen LogP contribution is -2.35. The van der Waals surface area contributed by atoms with Crippen molar-refractivity contribution in [2.75, 3.05) is 76.1 Å². The van der Waals surface area contributed by atoms with E-state index in [-0.39, 0.29) is 27.7 Å². The summed E-state index contributed by atoms with van der Waals surface area (Å²) in [4.78, 5) is 81.1. The second-order valence-corrected chi connectivity index (χ2v) is 23.8. The van der Waals surface area contributed by atoms with Gasteiger partial charge in [-0.25, -0.2) is 44.7 Å². The van der Waals surface area contributed by atoms with Crippen molar-refractivity contribution >= 4 is 101 Å². The molecule has 2 aliphatic heterocycles. The first-order valence-corrected chi connectivity index (χ1v) is 33.6. The van der Waals surface area contributed by atoms with Crippen LogP contribution in [0.1, 0.15) is 63.7 Å². The van der Waals surface area contributed by atoms with Gasteiger partial charge in [0.05, 0.1) is 67.6 Å². The third-order valence-electron chi connectivity index (χ3n) is 15.2. The minimum absolute atomic E-state index is 0.178. The van der Waals surface area contributed by atoms with Crippen molar-refractivity contribution in [3.63, 3.8) is 0 Å². The molecule has 7 aromatic carbocycles. The van der Waals surface area contributed by atoms with Crippen molar-refractivity contribution in [2.45, 2.75) is 26.2 Å². The lowest BCUT2D eigenvalue weighted by Gasteiger charge is -2.26. The first-order valence-electron chi connectivity index (χ1n) is 32.1. The van der Waals surface area contributed by atoms with Crippen LogP contribution in [0.3, 0.4) is 0 Å². The first kappa shape index (κ1) is 78.4. The average Bonchev–Trinajstić information content (AvgIpc) is 0.893. The van der Waals surface area contributed by atoms with E-state index in [0.717, 1.165) is 117 Å². The van der Waals surface area contributed by atoms with E-state index < -0.39 is 7.12 Å². The van der Waals surface area contributed by atoms with Crippen molar-refractivity contribution in [3.05, 3.63) is 284 Å². The lowest BCUT2D eigenvalue weighted by atomic mass is 9.80. The number of halogens is 4. The SMILES string of the molecule is COC(=O)c1ccc(CN)cc1.Clc1ccnc(Cl)n1.Clc1nccc(-c2ccc(CN3CCOCC3)cc2)n1.Nc1ccccc1NC(=O)c1ccc(CNc2nccc(-c3ccc(CN4CCOCC4)cc3)n2)cc1.O=Cc1ccc(-c2ccnc(Cl)n2)cc1.O=Cc1ccc(B(O)O)cc1. The Bertz CT molecular complexity index is 4420. The number of aldehydes is 2. The fraction of sp³-hybridized carbons (Fsp3) is 0.173. The van der Waals surface area contributed by atoms with Gasteiger partial charge in [-0.15, -0.1) is 0 Å². The number of hydrogen-bond donors (Lipinski definition) is 6. The van der Waals surface area contributed by atoms with Crippen LogP contribution in [0.5, 0.6) is 0 Å².